The van der Waals surface area contributed by atoms with Crippen LogP contribution in [0.15, 0.2) is 67.5 Å². The minimum Gasteiger partial charge on any atom is -0.465 e. The number of carbonyl (C=O) groups is 1. The van der Waals surface area contributed by atoms with Gasteiger partial charge in [0.05, 0.1) is 25.6 Å². The first kappa shape index (κ1) is 49.7. The molecule has 3 heterocycles. The van der Waals surface area contributed by atoms with Crippen LogP contribution in [0.4, 0.5) is 19.0 Å². The van der Waals surface area contributed by atoms with Crippen molar-refractivity contribution in [3.05, 3.63) is 90.8 Å². The van der Waals surface area contributed by atoms with Crippen molar-refractivity contribution < 1.29 is 46.2 Å². The molecule has 2 aromatic heterocycles. The molecule has 346 valence electrons. The second-order valence-corrected chi connectivity index (χ2v) is 18.0. The zero-order valence-electron chi connectivity index (χ0n) is 36.4. The Morgan fingerprint density at radius 2 is 1.54 bits per heavy atom. The summed E-state index contributed by atoms with van der Waals surface area (Å²) in [6.07, 6.45) is 19.2. The number of imidazole rings is 1. The quantitative estimate of drug-likeness (QED) is 0.0149. The molecule has 5 atom stereocenters. The number of esters is 1. The Balaban J connectivity index is 1.17. The van der Waals surface area contributed by atoms with Crippen LogP contribution in [0.25, 0.3) is 11.2 Å². The molecule has 0 saturated carbocycles. The van der Waals surface area contributed by atoms with E-state index in [4.69, 9.17) is 24.3 Å². The minimum absolute atomic E-state index is 0.0164. The van der Waals surface area contributed by atoms with Gasteiger partial charge in [0.2, 0.25) is 0 Å². The lowest BCUT2D eigenvalue weighted by Gasteiger charge is -2.31. The van der Waals surface area contributed by atoms with Crippen molar-refractivity contribution in [2.75, 3.05) is 18.9 Å². The molecule has 1 aliphatic heterocycles. The van der Waals surface area contributed by atoms with Gasteiger partial charge in [-0.3, -0.25) is 13.9 Å². The molecule has 0 amide bonds. The summed E-state index contributed by atoms with van der Waals surface area (Å²) in [6, 6.07) is 9.37. The average Bonchev–Trinajstić information content (AvgIpc) is 3.83. The third-order valence-electron chi connectivity index (χ3n) is 11.3. The number of hydrogen-bond donors (Lipinski definition) is 3. The maximum absolute atomic E-state index is 14.8. The molecule has 1 saturated heterocycles. The number of nitrogen functional groups attached to an aromatic ring is 1. The molecule has 0 aliphatic carbocycles. The zero-order chi connectivity index (χ0) is 45.1. The smallest absolute Gasteiger partial charge is 0.459 e. The van der Waals surface area contributed by atoms with Crippen LogP contribution in [0.1, 0.15) is 134 Å². The van der Waals surface area contributed by atoms with E-state index in [2.05, 4.69) is 33.5 Å². The predicted octanol–water partition coefficient (Wildman–Crippen LogP) is 10.6. The SMILES string of the molecule is C=C[C@]1(CO[P@@](=O)(N[C@@H](Cc2cc(F)cc(F)c2)C(=O)OCCCCCCCCCCCCCCCCCCC)Oc2ccccc2)O[C@@H](n2cnc3c(N)nc(F)nc32)C[C@@H]1O. The number of benzene rings is 2. The van der Waals surface area contributed by atoms with Gasteiger partial charge in [0.1, 0.15) is 35.3 Å². The average molecular weight is 901 g/mol. The molecule has 1 aliphatic rings. The molecule has 13 nitrogen and oxygen atoms in total. The van der Waals surface area contributed by atoms with Crippen molar-refractivity contribution in [3.8, 4) is 5.75 Å². The normalized spacial score (nSPS) is 18.9. The van der Waals surface area contributed by atoms with Crippen LogP contribution in [-0.4, -0.2) is 61.6 Å². The molecule has 0 spiro atoms. The maximum Gasteiger partial charge on any atom is 0.459 e. The molecule has 4 N–H and O–H groups in total. The number of nitrogens with zero attached hydrogens (tertiary/aromatic N) is 4. The molecule has 1 fully saturated rings. The van der Waals surface area contributed by atoms with Crippen LogP contribution in [0.5, 0.6) is 5.75 Å². The molecule has 0 unspecified atom stereocenters. The van der Waals surface area contributed by atoms with Crippen molar-refractivity contribution in [1.29, 1.82) is 0 Å². The van der Waals surface area contributed by atoms with Gasteiger partial charge in [-0.2, -0.15) is 19.4 Å². The number of rotatable bonds is 30. The van der Waals surface area contributed by atoms with Crippen LogP contribution in [0, 0.1) is 17.7 Å². The number of unbranched alkanes of at least 4 members (excludes halogenated alkanes) is 16. The van der Waals surface area contributed by atoms with E-state index in [-0.39, 0.29) is 47.7 Å². The summed E-state index contributed by atoms with van der Waals surface area (Å²) >= 11 is 0. The van der Waals surface area contributed by atoms with Gasteiger partial charge in [-0.1, -0.05) is 134 Å². The van der Waals surface area contributed by atoms with Crippen molar-refractivity contribution in [1.82, 2.24) is 24.6 Å². The molecular weight excluding hydrogens is 837 g/mol. The van der Waals surface area contributed by atoms with Gasteiger partial charge >= 0.3 is 19.8 Å². The third kappa shape index (κ3) is 15.4. The topological polar surface area (TPSA) is 173 Å². The standard InChI is InChI=1S/C46H64F3N6O7P/c1-3-5-6-7-8-9-10-11-12-13-14-15-16-17-18-19-23-26-59-44(57)38(29-34-27-35(47)30-36(48)28-34)54-63(58,62-37-24-21-20-22-25-37)60-32-46(4-2)39(56)31-40(61-46)55-33-51-41-42(50)52-45(49)53-43(41)55/h4,20-22,24-25,27-28,30,33,38-40,56H,2-3,5-19,23,26,29,31-32H2,1H3,(H,54,58)(H2,50,52,53)/t38-,39-,40+,46+,63-/m0/s1. The van der Waals surface area contributed by atoms with E-state index in [9.17, 15) is 27.6 Å². The minimum atomic E-state index is -4.64. The van der Waals surface area contributed by atoms with Gasteiger partial charge in [0.15, 0.2) is 17.0 Å². The number of para-hydroxylation sites is 1. The number of halogens is 3. The number of aliphatic hydroxyl groups is 1. The molecule has 4 aromatic rings. The van der Waals surface area contributed by atoms with Crippen LogP contribution < -0.4 is 15.3 Å². The Morgan fingerprint density at radius 3 is 2.13 bits per heavy atom. The number of nitrogens with two attached hydrogens (primary N) is 1. The number of aromatic nitrogens is 4. The first-order valence-corrected chi connectivity index (χ1v) is 24.0. The van der Waals surface area contributed by atoms with Crippen LogP contribution in [-0.2, 0) is 29.8 Å². The number of ether oxygens (including phenoxy) is 2. The number of anilines is 1. The van der Waals surface area contributed by atoms with Gasteiger partial charge < -0.3 is 24.8 Å². The number of nitrogens with one attached hydrogen (secondary N) is 1. The lowest BCUT2D eigenvalue weighted by Crippen LogP contribution is -2.44. The van der Waals surface area contributed by atoms with E-state index in [0.29, 0.717) is 12.5 Å². The second-order valence-electron chi connectivity index (χ2n) is 16.3. The zero-order valence-corrected chi connectivity index (χ0v) is 37.3. The number of carbonyl (C=O) groups excluding carboxylic acids is 1. The fourth-order valence-electron chi connectivity index (χ4n) is 7.77. The van der Waals surface area contributed by atoms with Crippen LogP contribution in [0.3, 0.4) is 0 Å². The Labute approximate surface area is 369 Å². The molecule has 2 aromatic carbocycles. The highest BCUT2D eigenvalue weighted by atomic mass is 31.2. The predicted molar refractivity (Wildman–Crippen MR) is 236 cm³/mol. The third-order valence-corrected chi connectivity index (χ3v) is 12.9. The van der Waals surface area contributed by atoms with E-state index >= 15 is 0 Å². The lowest BCUT2D eigenvalue weighted by molar-refractivity contribution is -0.146. The van der Waals surface area contributed by atoms with Gasteiger partial charge in [0, 0.05) is 12.5 Å². The summed E-state index contributed by atoms with van der Waals surface area (Å²) in [5, 5.41) is 14.0. The lowest BCUT2D eigenvalue weighted by atomic mass is 9.98. The number of fused-ring (bicyclic) bond motifs is 1. The maximum atomic E-state index is 14.8. The molecule has 5 rings (SSSR count). The Kier molecular flexibility index (Phi) is 19.9. The fraction of sp³-hybridized carbons (Fsp3) is 0.565. The number of hydrogen-bond acceptors (Lipinski definition) is 11. The van der Waals surface area contributed by atoms with Crippen molar-refractivity contribution >= 4 is 30.7 Å². The molecule has 63 heavy (non-hydrogen) atoms. The fourth-order valence-corrected chi connectivity index (χ4v) is 9.30. The van der Waals surface area contributed by atoms with Gasteiger partial charge in [0.25, 0.3) is 0 Å². The highest BCUT2D eigenvalue weighted by Gasteiger charge is 2.49. The van der Waals surface area contributed by atoms with Gasteiger partial charge in [-0.15, -0.1) is 6.58 Å². The van der Waals surface area contributed by atoms with Gasteiger partial charge in [-0.05, 0) is 42.7 Å². The van der Waals surface area contributed by atoms with Crippen molar-refractivity contribution in [3.63, 3.8) is 0 Å². The summed E-state index contributed by atoms with van der Waals surface area (Å²) in [7, 11) is -4.64. The van der Waals surface area contributed by atoms with Crippen LogP contribution >= 0.6 is 7.75 Å². The summed E-state index contributed by atoms with van der Waals surface area (Å²) in [5.41, 5.74) is 4.33. The molecule has 0 radical (unpaired) electrons. The largest absolute Gasteiger partial charge is 0.465 e. The van der Waals surface area contributed by atoms with Crippen LogP contribution in [0.2, 0.25) is 0 Å². The highest BCUT2D eigenvalue weighted by molar-refractivity contribution is 7.52. The molecule has 0 bridgehead atoms. The van der Waals surface area contributed by atoms with E-state index in [1.807, 2.05) is 0 Å². The second kappa shape index (κ2) is 25.2. The highest BCUT2D eigenvalue weighted by Crippen LogP contribution is 2.48. The van der Waals surface area contributed by atoms with E-state index in [1.165, 1.54) is 106 Å². The van der Waals surface area contributed by atoms with E-state index in [0.717, 1.165) is 37.8 Å². The monoisotopic (exact) mass is 900 g/mol. The Hall–Kier alpha value is -4.34. The van der Waals surface area contributed by atoms with Crippen molar-refractivity contribution in [2.45, 2.75) is 153 Å². The first-order valence-electron chi connectivity index (χ1n) is 22.5. The van der Waals surface area contributed by atoms with Gasteiger partial charge in [-0.25, -0.2) is 18.3 Å². The summed E-state index contributed by atoms with van der Waals surface area (Å²) in [6.45, 7) is 5.52. The van der Waals surface area contributed by atoms with E-state index < -0.39 is 62.0 Å². The summed E-state index contributed by atoms with van der Waals surface area (Å²) < 4.78 is 82.7. The number of aliphatic hydroxyl groups excluding tert-OH is 1. The first-order chi connectivity index (χ1) is 30.4. The Morgan fingerprint density at radius 1 is 0.952 bits per heavy atom. The van der Waals surface area contributed by atoms with Crippen molar-refractivity contribution in [2.24, 2.45) is 0 Å². The molecule has 17 heteroatoms. The summed E-state index contributed by atoms with van der Waals surface area (Å²) in [5.74, 6) is -2.65. The Bertz CT molecular complexity index is 2060. The van der Waals surface area contributed by atoms with E-state index in [1.54, 1.807) is 18.2 Å². The summed E-state index contributed by atoms with van der Waals surface area (Å²) in [4.78, 5) is 25.2. The molecular formula is C46H64F3N6O7P.